The standard InChI is InChI=1S/C13H22N2/c1-5-6-7-15-13-10(3)8-9(2)12(14)11(13)4/h8,15H,5-7,14H2,1-4H3. The van der Waals surface area contributed by atoms with E-state index in [0.717, 1.165) is 12.2 Å². The zero-order valence-corrected chi connectivity index (χ0v) is 10.3. The molecule has 0 unspecified atom stereocenters. The van der Waals surface area contributed by atoms with E-state index in [9.17, 15) is 0 Å². The van der Waals surface area contributed by atoms with Crippen molar-refractivity contribution < 1.29 is 0 Å². The maximum absolute atomic E-state index is 6.02. The molecule has 0 radical (unpaired) electrons. The molecule has 0 aliphatic carbocycles. The summed E-state index contributed by atoms with van der Waals surface area (Å²) in [5.41, 5.74) is 11.8. The summed E-state index contributed by atoms with van der Waals surface area (Å²) in [4.78, 5) is 0. The van der Waals surface area contributed by atoms with Gasteiger partial charge in [0.2, 0.25) is 0 Å². The number of anilines is 2. The highest BCUT2D eigenvalue weighted by Crippen LogP contribution is 2.28. The van der Waals surface area contributed by atoms with Crippen LogP contribution in [-0.2, 0) is 0 Å². The maximum Gasteiger partial charge on any atom is 0.0420 e. The SMILES string of the molecule is CCCCNc1c(C)cc(C)c(N)c1C. The topological polar surface area (TPSA) is 38.0 Å². The molecule has 0 aliphatic rings. The van der Waals surface area contributed by atoms with Crippen molar-refractivity contribution in [3.05, 3.63) is 22.8 Å². The van der Waals surface area contributed by atoms with Crippen molar-refractivity contribution in [1.29, 1.82) is 0 Å². The summed E-state index contributed by atoms with van der Waals surface area (Å²) in [6.07, 6.45) is 2.42. The van der Waals surface area contributed by atoms with E-state index < -0.39 is 0 Å². The zero-order chi connectivity index (χ0) is 11.4. The lowest BCUT2D eigenvalue weighted by atomic mass is 10.0. The number of hydrogen-bond donors (Lipinski definition) is 2. The second-order valence-electron chi connectivity index (χ2n) is 4.20. The quantitative estimate of drug-likeness (QED) is 0.585. The molecule has 1 aromatic carbocycles. The zero-order valence-electron chi connectivity index (χ0n) is 10.3. The molecular formula is C13H22N2. The van der Waals surface area contributed by atoms with Gasteiger partial charge in [-0.15, -0.1) is 0 Å². The van der Waals surface area contributed by atoms with Crippen LogP contribution in [0.15, 0.2) is 6.07 Å². The van der Waals surface area contributed by atoms with Gasteiger partial charge >= 0.3 is 0 Å². The van der Waals surface area contributed by atoms with Crippen molar-refractivity contribution in [3.63, 3.8) is 0 Å². The molecule has 0 saturated heterocycles. The molecule has 0 atom stereocenters. The number of aryl methyl sites for hydroxylation is 2. The van der Waals surface area contributed by atoms with Crippen molar-refractivity contribution >= 4 is 11.4 Å². The Morgan fingerprint density at radius 3 is 2.47 bits per heavy atom. The van der Waals surface area contributed by atoms with Crippen LogP contribution in [0.4, 0.5) is 11.4 Å². The maximum atomic E-state index is 6.02. The average Bonchev–Trinajstić information content (AvgIpc) is 2.20. The van der Waals surface area contributed by atoms with Gasteiger partial charge in [0.15, 0.2) is 0 Å². The van der Waals surface area contributed by atoms with Crippen molar-refractivity contribution in [3.8, 4) is 0 Å². The van der Waals surface area contributed by atoms with Gasteiger partial charge in [-0.25, -0.2) is 0 Å². The summed E-state index contributed by atoms with van der Waals surface area (Å²) in [5, 5.41) is 3.47. The molecule has 1 aromatic rings. The minimum Gasteiger partial charge on any atom is -0.398 e. The monoisotopic (exact) mass is 206 g/mol. The number of unbranched alkanes of at least 4 members (excludes halogenated alkanes) is 1. The van der Waals surface area contributed by atoms with Crippen LogP contribution in [0.3, 0.4) is 0 Å². The van der Waals surface area contributed by atoms with Crippen LogP contribution in [0, 0.1) is 20.8 Å². The van der Waals surface area contributed by atoms with Gasteiger partial charge in [0, 0.05) is 17.9 Å². The Kier molecular flexibility index (Phi) is 4.01. The van der Waals surface area contributed by atoms with Crippen LogP contribution < -0.4 is 11.1 Å². The van der Waals surface area contributed by atoms with Crippen LogP contribution in [-0.4, -0.2) is 6.54 Å². The first kappa shape index (κ1) is 11.9. The highest BCUT2D eigenvalue weighted by Gasteiger charge is 2.07. The molecule has 3 N–H and O–H groups in total. The molecule has 0 bridgehead atoms. The van der Waals surface area contributed by atoms with Gasteiger partial charge in [0.05, 0.1) is 0 Å². The Morgan fingerprint density at radius 2 is 1.87 bits per heavy atom. The minimum atomic E-state index is 0.916. The second kappa shape index (κ2) is 5.06. The Labute approximate surface area is 92.9 Å². The highest BCUT2D eigenvalue weighted by atomic mass is 14.9. The third-order valence-corrected chi connectivity index (χ3v) is 2.86. The Balaban J connectivity index is 2.92. The van der Waals surface area contributed by atoms with Crippen LogP contribution in [0.5, 0.6) is 0 Å². The summed E-state index contributed by atoms with van der Waals surface area (Å²) in [6, 6.07) is 2.15. The number of rotatable bonds is 4. The number of nitrogens with one attached hydrogen (secondary N) is 1. The Bertz CT molecular complexity index is 343. The Hall–Kier alpha value is -1.18. The van der Waals surface area contributed by atoms with E-state index in [1.54, 1.807) is 0 Å². The van der Waals surface area contributed by atoms with Crippen LogP contribution in [0.2, 0.25) is 0 Å². The molecule has 84 valence electrons. The van der Waals surface area contributed by atoms with Crippen molar-refractivity contribution in [2.75, 3.05) is 17.6 Å². The number of nitrogens with two attached hydrogens (primary N) is 1. The lowest BCUT2D eigenvalue weighted by molar-refractivity contribution is 0.833. The lowest BCUT2D eigenvalue weighted by Crippen LogP contribution is -2.07. The molecule has 2 nitrogen and oxygen atoms in total. The van der Waals surface area contributed by atoms with Crippen molar-refractivity contribution in [2.45, 2.75) is 40.5 Å². The van der Waals surface area contributed by atoms with Crippen molar-refractivity contribution in [2.24, 2.45) is 0 Å². The van der Waals surface area contributed by atoms with E-state index in [2.05, 4.69) is 39.1 Å². The van der Waals surface area contributed by atoms with E-state index in [4.69, 9.17) is 5.73 Å². The van der Waals surface area contributed by atoms with Crippen LogP contribution >= 0.6 is 0 Å². The molecule has 0 fully saturated rings. The summed E-state index contributed by atoms with van der Waals surface area (Å²) < 4.78 is 0. The lowest BCUT2D eigenvalue weighted by Gasteiger charge is -2.16. The molecule has 0 aliphatic heterocycles. The molecule has 0 saturated carbocycles. The van der Waals surface area contributed by atoms with Gasteiger partial charge in [-0.2, -0.15) is 0 Å². The average molecular weight is 206 g/mol. The van der Waals surface area contributed by atoms with Gasteiger partial charge < -0.3 is 11.1 Å². The van der Waals surface area contributed by atoms with Gasteiger partial charge in [0.25, 0.3) is 0 Å². The van der Waals surface area contributed by atoms with Crippen LogP contribution in [0.1, 0.15) is 36.5 Å². The third kappa shape index (κ3) is 2.65. The number of hydrogen-bond acceptors (Lipinski definition) is 2. The predicted molar refractivity (Wildman–Crippen MR) is 68.5 cm³/mol. The first-order valence-corrected chi connectivity index (χ1v) is 5.68. The van der Waals surface area contributed by atoms with Gasteiger partial charge in [0.1, 0.15) is 0 Å². The van der Waals surface area contributed by atoms with E-state index in [0.29, 0.717) is 0 Å². The van der Waals surface area contributed by atoms with E-state index in [-0.39, 0.29) is 0 Å². The minimum absolute atomic E-state index is 0.916. The second-order valence-corrected chi connectivity index (χ2v) is 4.20. The summed E-state index contributed by atoms with van der Waals surface area (Å²) >= 11 is 0. The summed E-state index contributed by atoms with van der Waals surface area (Å²) in [5.74, 6) is 0. The normalized spacial score (nSPS) is 10.4. The van der Waals surface area contributed by atoms with Crippen molar-refractivity contribution in [1.82, 2.24) is 0 Å². The van der Waals surface area contributed by atoms with E-state index in [1.807, 2.05) is 0 Å². The molecule has 2 heteroatoms. The fraction of sp³-hybridized carbons (Fsp3) is 0.538. The molecule has 0 spiro atoms. The van der Waals surface area contributed by atoms with E-state index in [1.165, 1.54) is 35.2 Å². The van der Waals surface area contributed by atoms with Gasteiger partial charge in [-0.05, 0) is 43.9 Å². The predicted octanol–water partition coefficient (Wildman–Crippen LogP) is 3.41. The first-order chi connectivity index (χ1) is 7.07. The molecule has 0 amide bonds. The molecular weight excluding hydrogens is 184 g/mol. The Morgan fingerprint density at radius 1 is 1.20 bits per heavy atom. The third-order valence-electron chi connectivity index (χ3n) is 2.86. The fourth-order valence-electron chi connectivity index (χ4n) is 1.86. The molecule has 1 rings (SSSR count). The molecule has 0 aromatic heterocycles. The fourth-order valence-corrected chi connectivity index (χ4v) is 1.86. The smallest absolute Gasteiger partial charge is 0.0420 e. The van der Waals surface area contributed by atoms with Crippen LogP contribution in [0.25, 0.3) is 0 Å². The first-order valence-electron chi connectivity index (χ1n) is 5.68. The van der Waals surface area contributed by atoms with Gasteiger partial charge in [-0.3, -0.25) is 0 Å². The summed E-state index contributed by atoms with van der Waals surface area (Å²) in [7, 11) is 0. The van der Waals surface area contributed by atoms with Gasteiger partial charge in [-0.1, -0.05) is 19.4 Å². The number of benzene rings is 1. The number of nitrogen functional groups attached to an aromatic ring is 1. The largest absolute Gasteiger partial charge is 0.398 e. The van der Waals surface area contributed by atoms with E-state index >= 15 is 0 Å². The molecule has 15 heavy (non-hydrogen) atoms. The highest BCUT2D eigenvalue weighted by molar-refractivity contribution is 5.69. The summed E-state index contributed by atoms with van der Waals surface area (Å²) in [6.45, 7) is 9.51. The molecule has 0 heterocycles.